The number of rotatable bonds is 11. The van der Waals surface area contributed by atoms with E-state index >= 15 is 0 Å². The molecule has 0 fully saturated rings. The van der Waals surface area contributed by atoms with Gasteiger partial charge in [-0.15, -0.1) is 6.58 Å². The molecule has 1 atom stereocenters. The van der Waals surface area contributed by atoms with E-state index in [1.54, 1.807) is 12.1 Å². The Bertz CT molecular complexity index is 716. The predicted molar refractivity (Wildman–Crippen MR) is 116 cm³/mol. The minimum atomic E-state index is -0.194. The molecule has 0 heterocycles. The molecule has 0 saturated carbocycles. The van der Waals surface area contributed by atoms with Crippen molar-refractivity contribution in [3.63, 3.8) is 0 Å². The Morgan fingerprint density at radius 2 is 1.70 bits per heavy atom. The molecule has 1 N–H and O–H groups in total. The topological polar surface area (TPSA) is 12.0 Å². The number of allylic oxidation sites excluding steroid dienone is 2. The third-order valence-electron chi connectivity index (χ3n) is 4.81. The predicted octanol–water partition coefficient (Wildman–Crippen LogP) is 7.48. The van der Waals surface area contributed by atoms with Gasteiger partial charge in [-0.2, -0.15) is 0 Å². The summed E-state index contributed by atoms with van der Waals surface area (Å²) < 4.78 is 13.1. The van der Waals surface area contributed by atoms with Gasteiger partial charge in [-0.25, -0.2) is 4.39 Å². The molecule has 2 aromatic carbocycles. The largest absolute Gasteiger partial charge is 0.385 e. The second-order valence-corrected chi connectivity index (χ2v) is 7.54. The SMILES string of the molecule is C=C(C)CCC(CCC/C(C)=C\c1ccccc1)CNc1ccc(F)cc1. The lowest BCUT2D eigenvalue weighted by Crippen LogP contribution is -2.15. The maximum atomic E-state index is 13.1. The van der Waals surface area contributed by atoms with Crippen LogP contribution in [-0.4, -0.2) is 6.54 Å². The molecule has 27 heavy (non-hydrogen) atoms. The summed E-state index contributed by atoms with van der Waals surface area (Å²) in [5.74, 6) is 0.399. The highest BCUT2D eigenvalue weighted by Crippen LogP contribution is 2.21. The van der Waals surface area contributed by atoms with E-state index in [2.05, 4.69) is 56.1 Å². The number of nitrogens with one attached hydrogen (secondary N) is 1. The van der Waals surface area contributed by atoms with Crippen LogP contribution in [0.5, 0.6) is 0 Å². The highest BCUT2D eigenvalue weighted by molar-refractivity contribution is 5.51. The van der Waals surface area contributed by atoms with E-state index in [1.807, 2.05) is 6.07 Å². The number of hydrogen-bond acceptors (Lipinski definition) is 1. The lowest BCUT2D eigenvalue weighted by Gasteiger charge is -2.19. The molecule has 0 aliphatic rings. The van der Waals surface area contributed by atoms with E-state index < -0.39 is 0 Å². The number of hydrogen-bond donors (Lipinski definition) is 1. The third kappa shape index (κ3) is 8.72. The van der Waals surface area contributed by atoms with E-state index in [1.165, 1.54) is 41.7 Å². The van der Waals surface area contributed by atoms with Crippen LogP contribution in [0.25, 0.3) is 6.08 Å². The molecule has 144 valence electrons. The van der Waals surface area contributed by atoms with E-state index in [-0.39, 0.29) is 5.82 Å². The highest BCUT2D eigenvalue weighted by Gasteiger charge is 2.09. The van der Waals surface area contributed by atoms with Gasteiger partial charge in [-0.05, 0) is 81.7 Å². The average Bonchev–Trinajstić information content (AvgIpc) is 2.65. The monoisotopic (exact) mass is 365 g/mol. The second kappa shape index (κ2) is 11.4. The van der Waals surface area contributed by atoms with Crippen molar-refractivity contribution in [2.24, 2.45) is 5.92 Å². The first kappa shape index (κ1) is 21.0. The fourth-order valence-electron chi connectivity index (χ4n) is 3.20. The van der Waals surface area contributed by atoms with Crippen LogP contribution in [0, 0.1) is 11.7 Å². The van der Waals surface area contributed by atoms with E-state index in [9.17, 15) is 4.39 Å². The zero-order chi connectivity index (χ0) is 19.5. The lowest BCUT2D eigenvalue weighted by molar-refractivity contribution is 0.456. The maximum Gasteiger partial charge on any atom is 0.123 e. The van der Waals surface area contributed by atoms with E-state index in [0.717, 1.165) is 31.5 Å². The smallest absolute Gasteiger partial charge is 0.123 e. The molecule has 1 unspecified atom stereocenters. The summed E-state index contributed by atoms with van der Waals surface area (Å²) in [5, 5.41) is 3.46. The van der Waals surface area contributed by atoms with Gasteiger partial charge in [-0.1, -0.05) is 47.6 Å². The van der Waals surface area contributed by atoms with E-state index in [4.69, 9.17) is 0 Å². The van der Waals surface area contributed by atoms with Crippen LogP contribution in [0.15, 0.2) is 72.3 Å². The lowest BCUT2D eigenvalue weighted by atomic mass is 9.93. The van der Waals surface area contributed by atoms with E-state index in [0.29, 0.717) is 5.92 Å². The molecular formula is C25H32FN. The Morgan fingerprint density at radius 1 is 1.00 bits per heavy atom. The Balaban J connectivity index is 1.82. The Kier molecular flexibility index (Phi) is 8.83. The minimum absolute atomic E-state index is 0.194. The molecule has 2 heteroatoms. The number of anilines is 1. The summed E-state index contributed by atoms with van der Waals surface area (Å²) in [6.07, 6.45) is 7.97. The van der Waals surface area contributed by atoms with Gasteiger partial charge in [0.1, 0.15) is 5.82 Å². The summed E-state index contributed by atoms with van der Waals surface area (Å²) in [7, 11) is 0. The van der Waals surface area contributed by atoms with Gasteiger partial charge in [0.2, 0.25) is 0 Å². The first-order valence-electron chi connectivity index (χ1n) is 9.89. The van der Waals surface area contributed by atoms with Crippen LogP contribution >= 0.6 is 0 Å². The van der Waals surface area contributed by atoms with Crippen molar-refractivity contribution < 1.29 is 4.39 Å². The van der Waals surface area contributed by atoms with Crippen LogP contribution in [0.2, 0.25) is 0 Å². The molecule has 0 aliphatic heterocycles. The highest BCUT2D eigenvalue weighted by atomic mass is 19.1. The first-order valence-corrected chi connectivity index (χ1v) is 9.89. The van der Waals surface area contributed by atoms with Gasteiger partial charge >= 0.3 is 0 Å². The molecule has 0 bridgehead atoms. The van der Waals surface area contributed by atoms with Crippen LogP contribution in [-0.2, 0) is 0 Å². The molecule has 0 aliphatic carbocycles. The molecule has 0 aromatic heterocycles. The summed E-state index contributed by atoms with van der Waals surface area (Å²) in [6, 6.07) is 17.1. The molecule has 1 nitrogen and oxygen atoms in total. The van der Waals surface area contributed by atoms with Crippen LogP contribution < -0.4 is 5.32 Å². The van der Waals surface area contributed by atoms with Crippen molar-refractivity contribution in [3.8, 4) is 0 Å². The van der Waals surface area contributed by atoms with Gasteiger partial charge in [-0.3, -0.25) is 0 Å². The Labute approximate surface area is 164 Å². The normalized spacial score (nSPS) is 12.6. The number of benzene rings is 2. The summed E-state index contributed by atoms with van der Waals surface area (Å²) in [6.45, 7) is 9.27. The first-order chi connectivity index (χ1) is 13.0. The van der Waals surface area contributed by atoms with Crippen molar-refractivity contribution in [2.75, 3.05) is 11.9 Å². The quantitative estimate of drug-likeness (QED) is 0.407. The maximum absolute atomic E-state index is 13.1. The fourth-order valence-corrected chi connectivity index (χ4v) is 3.20. The van der Waals surface area contributed by atoms with Gasteiger partial charge in [0.25, 0.3) is 0 Å². The van der Waals surface area contributed by atoms with Crippen LogP contribution in [0.4, 0.5) is 10.1 Å². The zero-order valence-corrected chi connectivity index (χ0v) is 16.7. The van der Waals surface area contributed by atoms with Gasteiger partial charge < -0.3 is 5.32 Å². The summed E-state index contributed by atoms with van der Waals surface area (Å²) in [4.78, 5) is 0. The summed E-state index contributed by atoms with van der Waals surface area (Å²) >= 11 is 0. The molecule has 2 aromatic rings. The van der Waals surface area contributed by atoms with Gasteiger partial charge in [0.15, 0.2) is 0 Å². The van der Waals surface area contributed by atoms with Gasteiger partial charge in [0, 0.05) is 12.2 Å². The second-order valence-electron chi connectivity index (χ2n) is 7.54. The zero-order valence-electron chi connectivity index (χ0n) is 16.7. The molecule has 0 amide bonds. The Morgan fingerprint density at radius 3 is 2.37 bits per heavy atom. The molecule has 0 radical (unpaired) electrons. The standard InChI is InChI=1S/C25H32FN/c1-20(2)12-13-23(19-27-25-16-14-24(26)15-17-25)11-7-8-21(3)18-22-9-5-4-6-10-22/h4-6,9-10,14-18,23,27H,1,7-8,11-13,19H2,2-3H3/b21-18-. The van der Waals surface area contributed by atoms with Crippen LogP contribution in [0.3, 0.4) is 0 Å². The van der Waals surface area contributed by atoms with Crippen molar-refractivity contribution in [2.45, 2.75) is 46.0 Å². The molecule has 0 saturated heterocycles. The van der Waals surface area contributed by atoms with Crippen molar-refractivity contribution >= 4 is 11.8 Å². The molecule has 2 rings (SSSR count). The molecule has 0 spiro atoms. The van der Waals surface area contributed by atoms with Gasteiger partial charge in [0.05, 0.1) is 0 Å². The average molecular weight is 366 g/mol. The van der Waals surface area contributed by atoms with Crippen molar-refractivity contribution in [3.05, 3.63) is 83.7 Å². The molecular weight excluding hydrogens is 333 g/mol. The fraction of sp³-hybridized carbons (Fsp3) is 0.360. The summed E-state index contributed by atoms with van der Waals surface area (Å²) in [5.41, 5.74) is 4.91. The van der Waals surface area contributed by atoms with Crippen LogP contribution in [0.1, 0.15) is 51.5 Å². The Hall–Kier alpha value is -2.35. The third-order valence-corrected chi connectivity index (χ3v) is 4.81. The van der Waals surface area contributed by atoms with Crippen molar-refractivity contribution in [1.82, 2.24) is 0 Å². The minimum Gasteiger partial charge on any atom is -0.385 e. The number of halogens is 1. The van der Waals surface area contributed by atoms with Crippen molar-refractivity contribution in [1.29, 1.82) is 0 Å².